The highest BCUT2D eigenvalue weighted by atomic mass is 14.9. The fourth-order valence-electron chi connectivity index (χ4n) is 3.94. The van der Waals surface area contributed by atoms with Crippen molar-refractivity contribution in [1.29, 1.82) is 0 Å². The lowest BCUT2D eigenvalue weighted by molar-refractivity contribution is -0.660. The van der Waals surface area contributed by atoms with Gasteiger partial charge in [-0.15, -0.1) is 0 Å². The van der Waals surface area contributed by atoms with Gasteiger partial charge in [0, 0.05) is 17.7 Å². The lowest BCUT2D eigenvalue weighted by Crippen LogP contribution is -2.30. The van der Waals surface area contributed by atoms with Crippen LogP contribution < -0.4 is 4.57 Å². The molecule has 0 fully saturated rings. The van der Waals surface area contributed by atoms with Gasteiger partial charge in [-0.3, -0.25) is 0 Å². The third-order valence-corrected chi connectivity index (χ3v) is 5.33. The van der Waals surface area contributed by atoms with E-state index in [4.69, 9.17) is 0 Å². The highest BCUT2D eigenvalue weighted by Crippen LogP contribution is 2.31. The third kappa shape index (κ3) is 2.36. The highest BCUT2D eigenvalue weighted by molar-refractivity contribution is 6.05. The minimum absolute atomic E-state index is 1.24. The summed E-state index contributed by atoms with van der Waals surface area (Å²) in [4.78, 5) is 0. The van der Waals surface area contributed by atoms with E-state index in [0.29, 0.717) is 0 Å². The monoisotopic (exact) mass is 334 g/mol. The van der Waals surface area contributed by atoms with Gasteiger partial charge in [-0.1, -0.05) is 30.3 Å². The van der Waals surface area contributed by atoms with Crippen molar-refractivity contribution in [3.8, 4) is 11.3 Å². The minimum Gasteiger partial charge on any atom is -0.201 e. The van der Waals surface area contributed by atoms with E-state index in [2.05, 4.69) is 104 Å². The van der Waals surface area contributed by atoms with Crippen LogP contribution in [0.15, 0.2) is 85.1 Å². The van der Waals surface area contributed by atoms with Crippen LogP contribution in [-0.2, 0) is 7.05 Å². The van der Waals surface area contributed by atoms with E-state index < -0.39 is 0 Å². The zero-order chi connectivity index (χ0) is 17.7. The maximum atomic E-state index is 2.33. The van der Waals surface area contributed by atoms with Crippen molar-refractivity contribution in [1.82, 2.24) is 0 Å². The molecule has 0 radical (unpaired) electrons. The maximum absolute atomic E-state index is 2.33. The van der Waals surface area contributed by atoms with Gasteiger partial charge in [-0.2, -0.15) is 0 Å². The fraction of sp³-hybridized carbons (Fsp3) is 0.0800. The topological polar surface area (TPSA) is 3.88 Å². The number of rotatable bonds is 1. The van der Waals surface area contributed by atoms with E-state index in [1.54, 1.807) is 0 Å². The first-order valence-corrected chi connectivity index (χ1v) is 9.01. The van der Waals surface area contributed by atoms with Crippen LogP contribution in [0.5, 0.6) is 0 Å². The average Bonchev–Trinajstić information content (AvgIpc) is 2.65. The molecule has 1 heterocycles. The lowest BCUT2D eigenvalue weighted by atomic mass is 9.95. The summed E-state index contributed by atoms with van der Waals surface area (Å²) in [6.07, 6.45) is 2.10. The third-order valence-electron chi connectivity index (χ3n) is 5.33. The van der Waals surface area contributed by atoms with Crippen molar-refractivity contribution in [2.45, 2.75) is 6.92 Å². The van der Waals surface area contributed by atoms with Crippen LogP contribution in [0.25, 0.3) is 43.6 Å². The number of hydrogen-bond donors (Lipinski definition) is 0. The molecular formula is C25H20N+. The Kier molecular flexibility index (Phi) is 3.29. The maximum Gasteiger partial charge on any atom is 0.212 e. The zero-order valence-corrected chi connectivity index (χ0v) is 15.0. The molecule has 0 aliphatic rings. The Hall–Kier alpha value is -3.19. The first kappa shape index (κ1) is 15.1. The van der Waals surface area contributed by atoms with Gasteiger partial charge in [0.15, 0.2) is 6.20 Å². The molecule has 0 N–H and O–H groups in total. The summed E-state index contributed by atoms with van der Waals surface area (Å²) in [5.41, 5.74) is 3.84. The predicted molar refractivity (Wildman–Crippen MR) is 110 cm³/mol. The summed E-state index contributed by atoms with van der Waals surface area (Å²) >= 11 is 0. The van der Waals surface area contributed by atoms with Crippen molar-refractivity contribution < 1.29 is 4.57 Å². The molecule has 0 saturated heterocycles. The number of benzene rings is 4. The Balaban J connectivity index is 1.81. The van der Waals surface area contributed by atoms with Crippen LogP contribution in [0.2, 0.25) is 0 Å². The normalized spacial score (nSPS) is 11.5. The van der Waals surface area contributed by atoms with E-state index in [0.717, 1.165) is 0 Å². The van der Waals surface area contributed by atoms with E-state index in [-0.39, 0.29) is 0 Å². The second-order valence-corrected chi connectivity index (χ2v) is 7.11. The van der Waals surface area contributed by atoms with Crippen LogP contribution in [-0.4, -0.2) is 0 Å². The molecule has 0 saturated carbocycles. The summed E-state index contributed by atoms with van der Waals surface area (Å²) in [5, 5.41) is 7.77. The summed E-state index contributed by atoms with van der Waals surface area (Å²) in [5.74, 6) is 0. The van der Waals surface area contributed by atoms with E-state index in [1.165, 1.54) is 49.1 Å². The molecule has 1 nitrogen and oxygen atoms in total. The molecule has 1 heteroatoms. The standard InChI is InChI=1S/C25H20N/c1-17-11-20-14-21-12-18-7-3-4-8-19(18)13-22(21)15-23(20)16-24(17)25-9-5-6-10-26(25)2/h3-16H,1-2H3/q+1. The van der Waals surface area contributed by atoms with Gasteiger partial charge in [-0.25, -0.2) is 4.57 Å². The first-order valence-electron chi connectivity index (χ1n) is 9.01. The first-order chi connectivity index (χ1) is 12.7. The molecular weight excluding hydrogens is 314 g/mol. The minimum atomic E-state index is 1.24. The second kappa shape index (κ2) is 5.67. The molecule has 0 unspecified atom stereocenters. The largest absolute Gasteiger partial charge is 0.212 e. The van der Waals surface area contributed by atoms with Gasteiger partial charge >= 0.3 is 0 Å². The van der Waals surface area contributed by atoms with Gasteiger partial charge in [-0.05, 0) is 81.2 Å². The molecule has 5 rings (SSSR count). The predicted octanol–water partition coefficient (Wildman–Crippen LogP) is 5.95. The van der Waals surface area contributed by atoms with E-state index >= 15 is 0 Å². The number of nitrogens with zero attached hydrogens (tertiary/aromatic N) is 1. The molecule has 4 aromatic carbocycles. The molecule has 124 valence electrons. The quantitative estimate of drug-likeness (QED) is 0.263. The van der Waals surface area contributed by atoms with Crippen molar-refractivity contribution in [3.63, 3.8) is 0 Å². The van der Waals surface area contributed by atoms with E-state index in [1.807, 2.05) is 0 Å². The number of hydrogen-bond acceptors (Lipinski definition) is 0. The van der Waals surface area contributed by atoms with Gasteiger partial charge in [0.25, 0.3) is 0 Å². The van der Waals surface area contributed by atoms with Gasteiger partial charge in [0.05, 0.1) is 0 Å². The molecule has 0 atom stereocenters. The van der Waals surface area contributed by atoms with Crippen LogP contribution in [0.3, 0.4) is 0 Å². The van der Waals surface area contributed by atoms with Crippen LogP contribution >= 0.6 is 0 Å². The Morgan fingerprint density at radius 1 is 0.577 bits per heavy atom. The van der Waals surface area contributed by atoms with Crippen LogP contribution in [0.1, 0.15) is 5.56 Å². The fourth-order valence-corrected chi connectivity index (χ4v) is 3.94. The molecule has 0 bridgehead atoms. The van der Waals surface area contributed by atoms with Gasteiger partial charge < -0.3 is 0 Å². The van der Waals surface area contributed by atoms with Crippen molar-refractivity contribution in [2.75, 3.05) is 0 Å². The molecule has 1 aromatic heterocycles. The van der Waals surface area contributed by atoms with Gasteiger partial charge in [0.1, 0.15) is 7.05 Å². The summed E-state index contributed by atoms with van der Waals surface area (Å²) in [6, 6.07) is 28.8. The molecule has 5 aromatic rings. The average molecular weight is 334 g/mol. The second-order valence-electron chi connectivity index (χ2n) is 7.11. The SMILES string of the molecule is Cc1cc2cc3cc4ccccc4cc3cc2cc1-c1cccc[n+]1C. The molecule has 0 spiro atoms. The molecule has 0 aliphatic heterocycles. The number of aryl methyl sites for hydroxylation is 2. The Bertz CT molecular complexity index is 1300. The van der Waals surface area contributed by atoms with Crippen molar-refractivity contribution >= 4 is 32.3 Å². The Morgan fingerprint density at radius 3 is 1.77 bits per heavy atom. The highest BCUT2D eigenvalue weighted by Gasteiger charge is 2.13. The number of pyridine rings is 1. The summed E-state index contributed by atoms with van der Waals surface area (Å²) < 4.78 is 2.18. The van der Waals surface area contributed by atoms with E-state index in [9.17, 15) is 0 Å². The summed E-state index contributed by atoms with van der Waals surface area (Å²) in [6.45, 7) is 2.20. The number of fused-ring (bicyclic) bond motifs is 3. The smallest absolute Gasteiger partial charge is 0.201 e. The molecule has 0 aliphatic carbocycles. The van der Waals surface area contributed by atoms with Crippen LogP contribution in [0, 0.1) is 6.92 Å². The Morgan fingerprint density at radius 2 is 1.12 bits per heavy atom. The van der Waals surface area contributed by atoms with Crippen molar-refractivity contribution in [2.24, 2.45) is 7.05 Å². The number of aromatic nitrogens is 1. The Labute approximate surface area is 153 Å². The molecule has 0 amide bonds. The van der Waals surface area contributed by atoms with Crippen molar-refractivity contribution in [3.05, 3.63) is 90.6 Å². The molecule has 26 heavy (non-hydrogen) atoms. The summed E-state index contributed by atoms with van der Waals surface area (Å²) in [7, 11) is 2.10. The van der Waals surface area contributed by atoms with Gasteiger partial charge in [0.2, 0.25) is 5.69 Å². The lowest BCUT2D eigenvalue weighted by Gasteiger charge is -2.09. The van der Waals surface area contributed by atoms with Crippen LogP contribution in [0.4, 0.5) is 0 Å². The zero-order valence-electron chi connectivity index (χ0n) is 15.0.